The van der Waals surface area contributed by atoms with Gasteiger partial charge in [-0.15, -0.1) is 0 Å². The minimum Gasteiger partial charge on any atom is -0.379 e. The van der Waals surface area contributed by atoms with Crippen LogP contribution in [0.2, 0.25) is 0 Å². The van der Waals surface area contributed by atoms with E-state index in [9.17, 15) is 18.9 Å². The highest BCUT2D eigenvalue weighted by Crippen LogP contribution is 2.24. The summed E-state index contributed by atoms with van der Waals surface area (Å²) >= 11 is 0. The predicted octanol–water partition coefficient (Wildman–Crippen LogP) is 1.24. The van der Waals surface area contributed by atoms with Gasteiger partial charge in [-0.05, 0) is 0 Å². The fourth-order valence-electron chi connectivity index (χ4n) is 1.03. The molecule has 0 amide bonds. The Morgan fingerprint density at radius 3 is 2.33 bits per heavy atom. The van der Waals surface area contributed by atoms with Crippen molar-refractivity contribution in [1.82, 2.24) is 0 Å². The van der Waals surface area contributed by atoms with Crippen LogP contribution in [0.5, 0.6) is 0 Å². The lowest BCUT2D eigenvalue weighted by atomic mass is 10.2. The highest BCUT2D eigenvalue weighted by molar-refractivity contribution is 5.51. The molecule has 3 N–H and O–H groups in total. The molecule has 0 aromatic heterocycles. The van der Waals surface area contributed by atoms with Gasteiger partial charge < -0.3 is 11.1 Å². The zero-order valence-corrected chi connectivity index (χ0v) is 7.67. The van der Waals surface area contributed by atoms with Gasteiger partial charge in [0.1, 0.15) is 5.69 Å². The molecule has 1 aromatic carbocycles. The van der Waals surface area contributed by atoms with Crippen LogP contribution in [0.1, 0.15) is 0 Å². The number of non-ortho nitro benzene ring substituents is 1. The Kier molecular flexibility index (Phi) is 3.51. The van der Waals surface area contributed by atoms with Crippen molar-refractivity contribution < 1.29 is 13.7 Å². The van der Waals surface area contributed by atoms with E-state index in [4.69, 9.17) is 5.73 Å². The second-order valence-corrected chi connectivity index (χ2v) is 2.76. The Bertz CT molecular complexity index is 361. The summed E-state index contributed by atoms with van der Waals surface area (Å²) in [6.45, 7) is 0.390. The van der Waals surface area contributed by atoms with Crippen molar-refractivity contribution in [3.8, 4) is 0 Å². The minimum atomic E-state index is -1.00. The van der Waals surface area contributed by atoms with Gasteiger partial charge in [0.15, 0.2) is 11.6 Å². The largest absolute Gasteiger partial charge is 0.379 e. The number of nitrogens with zero attached hydrogens (tertiary/aromatic N) is 1. The first kappa shape index (κ1) is 11.3. The van der Waals surface area contributed by atoms with E-state index in [0.717, 1.165) is 0 Å². The molecule has 15 heavy (non-hydrogen) atoms. The van der Waals surface area contributed by atoms with Gasteiger partial charge in [0.2, 0.25) is 0 Å². The SMILES string of the molecule is NCCNc1c(F)cc([N+](=O)[O-])cc1F. The van der Waals surface area contributed by atoms with Crippen molar-refractivity contribution in [2.24, 2.45) is 5.73 Å². The average Bonchev–Trinajstić information content (AvgIpc) is 2.16. The summed E-state index contributed by atoms with van der Waals surface area (Å²) in [5.74, 6) is -2.01. The molecule has 0 radical (unpaired) electrons. The van der Waals surface area contributed by atoms with Crippen molar-refractivity contribution >= 4 is 11.4 Å². The number of hydrogen-bond donors (Lipinski definition) is 2. The van der Waals surface area contributed by atoms with Crippen LogP contribution in [0, 0.1) is 21.7 Å². The average molecular weight is 217 g/mol. The molecule has 0 spiro atoms. The van der Waals surface area contributed by atoms with E-state index in [-0.39, 0.29) is 13.1 Å². The Balaban J connectivity index is 3.04. The summed E-state index contributed by atoms with van der Waals surface area (Å²) < 4.78 is 26.3. The third-order valence-corrected chi connectivity index (χ3v) is 1.68. The molecule has 0 aliphatic rings. The highest BCUT2D eigenvalue weighted by Gasteiger charge is 2.16. The van der Waals surface area contributed by atoms with E-state index in [0.29, 0.717) is 12.1 Å². The second-order valence-electron chi connectivity index (χ2n) is 2.76. The van der Waals surface area contributed by atoms with E-state index < -0.39 is 27.9 Å². The normalized spacial score (nSPS) is 10.1. The van der Waals surface area contributed by atoms with Crippen molar-refractivity contribution in [2.45, 2.75) is 0 Å². The molecule has 1 rings (SSSR count). The summed E-state index contributed by atoms with van der Waals surface area (Å²) in [6.07, 6.45) is 0. The summed E-state index contributed by atoms with van der Waals surface area (Å²) in [7, 11) is 0. The van der Waals surface area contributed by atoms with Crippen LogP contribution in [-0.2, 0) is 0 Å². The first-order valence-corrected chi connectivity index (χ1v) is 4.13. The van der Waals surface area contributed by atoms with Gasteiger partial charge in [-0.2, -0.15) is 0 Å². The zero-order valence-electron chi connectivity index (χ0n) is 7.67. The van der Waals surface area contributed by atoms with Crippen molar-refractivity contribution in [3.63, 3.8) is 0 Å². The predicted molar refractivity (Wildman–Crippen MR) is 50.6 cm³/mol. The van der Waals surface area contributed by atoms with Crippen molar-refractivity contribution in [3.05, 3.63) is 33.9 Å². The molecule has 7 heteroatoms. The number of anilines is 1. The van der Waals surface area contributed by atoms with Crippen LogP contribution < -0.4 is 11.1 Å². The first-order valence-electron chi connectivity index (χ1n) is 4.13. The lowest BCUT2D eigenvalue weighted by Crippen LogP contribution is -2.15. The molecule has 0 saturated carbocycles. The van der Waals surface area contributed by atoms with Gasteiger partial charge in [-0.25, -0.2) is 8.78 Å². The van der Waals surface area contributed by atoms with Crippen LogP contribution in [0.3, 0.4) is 0 Å². The van der Waals surface area contributed by atoms with Gasteiger partial charge >= 0.3 is 0 Å². The third-order valence-electron chi connectivity index (χ3n) is 1.68. The van der Waals surface area contributed by atoms with Crippen LogP contribution in [0.25, 0.3) is 0 Å². The maximum absolute atomic E-state index is 13.1. The number of nitrogens with two attached hydrogens (primary N) is 1. The van der Waals surface area contributed by atoms with Crippen LogP contribution in [0.4, 0.5) is 20.2 Å². The van der Waals surface area contributed by atoms with Gasteiger partial charge in [0, 0.05) is 13.1 Å². The maximum atomic E-state index is 13.1. The number of nitro groups is 1. The van der Waals surface area contributed by atoms with Gasteiger partial charge in [0.05, 0.1) is 17.1 Å². The number of nitro benzene ring substituents is 1. The number of rotatable bonds is 4. The second kappa shape index (κ2) is 4.65. The summed E-state index contributed by atoms with van der Waals surface area (Å²) in [4.78, 5) is 9.40. The standard InChI is InChI=1S/C8H9F2N3O2/c9-6-3-5(13(14)15)4-7(10)8(6)12-2-1-11/h3-4,12H,1-2,11H2. The Morgan fingerprint density at radius 1 is 1.40 bits per heavy atom. The van der Waals surface area contributed by atoms with E-state index in [1.54, 1.807) is 0 Å². The monoisotopic (exact) mass is 217 g/mol. The Labute approximate surface area is 84.0 Å². The van der Waals surface area contributed by atoms with Gasteiger partial charge in [-0.3, -0.25) is 10.1 Å². The van der Waals surface area contributed by atoms with Crippen molar-refractivity contribution in [2.75, 3.05) is 18.4 Å². The van der Waals surface area contributed by atoms with E-state index in [1.807, 2.05) is 0 Å². The van der Waals surface area contributed by atoms with Crippen LogP contribution in [-0.4, -0.2) is 18.0 Å². The van der Waals surface area contributed by atoms with Gasteiger partial charge in [0.25, 0.3) is 5.69 Å². The van der Waals surface area contributed by atoms with E-state index >= 15 is 0 Å². The molecule has 5 nitrogen and oxygen atoms in total. The molecule has 0 saturated heterocycles. The Morgan fingerprint density at radius 2 is 1.93 bits per heavy atom. The molecular formula is C8H9F2N3O2. The molecule has 0 atom stereocenters. The fourth-order valence-corrected chi connectivity index (χ4v) is 1.03. The number of benzene rings is 1. The molecule has 0 unspecified atom stereocenters. The molecular weight excluding hydrogens is 208 g/mol. The number of halogens is 2. The molecule has 0 heterocycles. The smallest absolute Gasteiger partial charge is 0.275 e. The van der Waals surface area contributed by atoms with E-state index in [2.05, 4.69) is 5.32 Å². The van der Waals surface area contributed by atoms with Gasteiger partial charge in [-0.1, -0.05) is 0 Å². The lowest BCUT2D eigenvalue weighted by molar-refractivity contribution is -0.385. The van der Waals surface area contributed by atoms with Crippen LogP contribution >= 0.6 is 0 Å². The zero-order chi connectivity index (χ0) is 11.4. The molecule has 0 aliphatic carbocycles. The number of hydrogen-bond acceptors (Lipinski definition) is 4. The summed E-state index contributed by atoms with van der Waals surface area (Å²) in [6, 6.07) is 1.31. The molecule has 1 aromatic rings. The quantitative estimate of drug-likeness (QED) is 0.587. The minimum absolute atomic E-state index is 0.186. The summed E-state index contributed by atoms with van der Waals surface area (Å²) in [5.41, 5.74) is 4.12. The topological polar surface area (TPSA) is 81.2 Å². The highest BCUT2D eigenvalue weighted by atomic mass is 19.1. The Hall–Kier alpha value is -1.76. The lowest BCUT2D eigenvalue weighted by Gasteiger charge is -2.06. The first-order chi connectivity index (χ1) is 7.06. The number of nitrogens with one attached hydrogen (secondary N) is 1. The molecule has 82 valence electrons. The third kappa shape index (κ3) is 2.59. The molecule has 0 fully saturated rings. The summed E-state index contributed by atoms with van der Waals surface area (Å²) in [5, 5.41) is 12.7. The van der Waals surface area contributed by atoms with E-state index in [1.165, 1.54) is 0 Å². The fraction of sp³-hybridized carbons (Fsp3) is 0.250. The van der Waals surface area contributed by atoms with Crippen LogP contribution in [0.15, 0.2) is 12.1 Å². The molecule has 0 aliphatic heterocycles. The molecule has 0 bridgehead atoms. The van der Waals surface area contributed by atoms with Crippen molar-refractivity contribution in [1.29, 1.82) is 0 Å². The maximum Gasteiger partial charge on any atom is 0.275 e.